The standard InChI is InChI=1S/C18H18O2/c1-14-10-11-18(17(13-14)15(2)19)20-12-6-9-16-7-4-3-5-8-16/h3-5,7-8,10-11,13,15,19H,12H2,1-2H3/t15-/m1/s1. The van der Waals surface area contributed by atoms with E-state index in [0.717, 1.165) is 16.7 Å². The van der Waals surface area contributed by atoms with E-state index in [2.05, 4.69) is 11.8 Å². The zero-order valence-electron chi connectivity index (χ0n) is 11.8. The largest absolute Gasteiger partial charge is 0.481 e. The fourth-order valence-corrected chi connectivity index (χ4v) is 1.90. The van der Waals surface area contributed by atoms with Crippen LogP contribution in [0.3, 0.4) is 0 Å². The van der Waals surface area contributed by atoms with Crippen LogP contribution in [0.5, 0.6) is 5.75 Å². The van der Waals surface area contributed by atoms with Crippen LogP contribution in [0.4, 0.5) is 0 Å². The molecule has 20 heavy (non-hydrogen) atoms. The molecule has 2 heteroatoms. The molecule has 1 atom stereocenters. The number of ether oxygens (including phenoxy) is 1. The molecule has 0 aromatic heterocycles. The molecule has 0 aliphatic carbocycles. The van der Waals surface area contributed by atoms with Gasteiger partial charge in [-0.3, -0.25) is 0 Å². The van der Waals surface area contributed by atoms with Crippen molar-refractivity contribution in [3.8, 4) is 17.6 Å². The van der Waals surface area contributed by atoms with Crippen LogP contribution in [0.2, 0.25) is 0 Å². The summed E-state index contributed by atoms with van der Waals surface area (Å²) in [5.41, 5.74) is 2.87. The van der Waals surface area contributed by atoms with Gasteiger partial charge in [0.25, 0.3) is 0 Å². The molecule has 2 nitrogen and oxygen atoms in total. The van der Waals surface area contributed by atoms with Crippen LogP contribution in [0.25, 0.3) is 0 Å². The Kier molecular flexibility index (Phi) is 4.81. The van der Waals surface area contributed by atoms with E-state index < -0.39 is 6.10 Å². The summed E-state index contributed by atoms with van der Waals surface area (Å²) in [5.74, 6) is 6.70. The van der Waals surface area contributed by atoms with Gasteiger partial charge < -0.3 is 9.84 Å². The van der Waals surface area contributed by atoms with Gasteiger partial charge in [0.15, 0.2) is 0 Å². The summed E-state index contributed by atoms with van der Waals surface area (Å²) in [6.07, 6.45) is -0.549. The van der Waals surface area contributed by atoms with E-state index in [1.165, 1.54) is 0 Å². The van der Waals surface area contributed by atoms with E-state index in [9.17, 15) is 5.11 Å². The van der Waals surface area contributed by atoms with Gasteiger partial charge in [0.1, 0.15) is 12.4 Å². The van der Waals surface area contributed by atoms with Crippen LogP contribution in [0.1, 0.15) is 29.7 Å². The molecule has 0 saturated carbocycles. The van der Waals surface area contributed by atoms with E-state index >= 15 is 0 Å². The topological polar surface area (TPSA) is 29.5 Å². The number of rotatable bonds is 3. The highest BCUT2D eigenvalue weighted by Gasteiger charge is 2.08. The normalized spacial score (nSPS) is 11.3. The van der Waals surface area contributed by atoms with Gasteiger partial charge in [0.05, 0.1) is 6.10 Å². The Morgan fingerprint density at radius 2 is 1.90 bits per heavy atom. The fourth-order valence-electron chi connectivity index (χ4n) is 1.90. The van der Waals surface area contributed by atoms with Gasteiger partial charge in [-0.25, -0.2) is 0 Å². The Hall–Kier alpha value is -2.24. The van der Waals surface area contributed by atoms with Crippen LogP contribution in [-0.2, 0) is 0 Å². The lowest BCUT2D eigenvalue weighted by Crippen LogP contribution is -2.01. The van der Waals surface area contributed by atoms with Crippen molar-refractivity contribution in [3.05, 3.63) is 65.2 Å². The summed E-state index contributed by atoms with van der Waals surface area (Å²) in [6, 6.07) is 15.6. The summed E-state index contributed by atoms with van der Waals surface area (Å²) in [6.45, 7) is 4.03. The monoisotopic (exact) mass is 266 g/mol. The molecule has 0 aliphatic heterocycles. The maximum Gasteiger partial charge on any atom is 0.149 e. The molecule has 0 amide bonds. The molecule has 0 fully saturated rings. The second-order valence-electron chi connectivity index (χ2n) is 4.67. The number of aliphatic hydroxyl groups excluding tert-OH is 1. The minimum absolute atomic E-state index is 0.303. The predicted octanol–water partition coefficient (Wildman–Crippen LogP) is 3.48. The van der Waals surface area contributed by atoms with Gasteiger partial charge in [-0.05, 0) is 38.1 Å². The van der Waals surface area contributed by atoms with Crippen LogP contribution in [-0.4, -0.2) is 11.7 Å². The molecular formula is C18H18O2. The SMILES string of the molecule is Cc1ccc(OCC#Cc2ccccc2)c([C@@H](C)O)c1. The number of hydrogen-bond donors (Lipinski definition) is 1. The summed E-state index contributed by atoms with van der Waals surface area (Å²) < 4.78 is 5.64. The Morgan fingerprint density at radius 1 is 1.15 bits per heavy atom. The molecular weight excluding hydrogens is 248 g/mol. The van der Waals surface area contributed by atoms with Crippen LogP contribution < -0.4 is 4.74 Å². The van der Waals surface area contributed by atoms with Gasteiger partial charge in [-0.2, -0.15) is 0 Å². The molecule has 1 N–H and O–H groups in total. The van der Waals surface area contributed by atoms with Crippen LogP contribution in [0.15, 0.2) is 48.5 Å². The summed E-state index contributed by atoms with van der Waals surface area (Å²) >= 11 is 0. The Labute approximate surface area is 120 Å². The average Bonchev–Trinajstić information content (AvgIpc) is 2.45. The van der Waals surface area contributed by atoms with Gasteiger partial charge in [-0.15, -0.1) is 0 Å². The van der Waals surface area contributed by atoms with Crippen molar-refractivity contribution >= 4 is 0 Å². The third-order valence-corrected chi connectivity index (χ3v) is 2.92. The smallest absolute Gasteiger partial charge is 0.149 e. The second kappa shape index (κ2) is 6.79. The van der Waals surface area contributed by atoms with Crippen LogP contribution >= 0.6 is 0 Å². The molecule has 0 bridgehead atoms. The van der Waals surface area contributed by atoms with E-state index in [1.54, 1.807) is 6.92 Å². The third-order valence-electron chi connectivity index (χ3n) is 2.92. The Bertz CT molecular complexity index is 619. The van der Waals surface area contributed by atoms with E-state index in [4.69, 9.17) is 4.74 Å². The number of hydrogen-bond acceptors (Lipinski definition) is 2. The highest BCUT2D eigenvalue weighted by Crippen LogP contribution is 2.26. The van der Waals surface area contributed by atoms with E-state index in [0.29, 0.717) is 12.4 Å². The van der Waals surface area contributed by atoms with Gasteiger partial charge in [0.2, 0.25) is 0 Å². The zero-order chi connectivity index (χ0) is 14.4. The highest BCUT2D eigenvalue weighted by atomic mass is 16.5. The first kappa shape index (κ1) is 14.2. The van der Waals surface area contributed by atoms with Crippen molar-refractivity contribution in [2.45, 2.75) is 20.0 Å². The maximum atomic E-state index is 9.75. The van der Waals surface area contributed by atoms with Crippen LogP contribution in [0, 0.1) is 18.8 Å². The van der Waals surface area contributed by atoms with Crippen molar-refractivity contribution < 1.29 is 9.84 Å². The molecule has 0 saturated heterocycles. The molecule has 0 unspecified atom stereocenters. The first-order valence-corrected chi connectivity index (χ1v) is 6.62. The maximum absolute atomic E-state index is 9.75. The van der Waals surface area contributed by atoms with E-state index in [-0.39, 0.29) is 0 Å². The first-order chi connectivity index (χ1) is 9.66. The number of benzene rings is 2. The van der Waals surface area contributed by atoms with Crippen molar-refractivity contribution in [2.75, 3.05) is 6.61 Å². The van der Waals surface area contributed by atoms with Gasteiger partial charge in [0, 0.05) is 11.1 Å². The number of aliphatic hydroxyl groups is 1. The Morgan fingerprint density at radius 3 is 2.60 bits per heavy atom. The average molecular weight is 266 g/mol. The fraction of sp³-hybridized carbons (Fsp3) is 0.222. The van der Waals surface area contributed by atoms with E-state index in [1.807, 2.05) is 55.5 Å². The second-order valence-corrected chi connectivity index (χ2v) is 4.67. The lowest BCUT2D eigenvalue weighted by Gasteiger charge is -2.12. The lowest BCUT2D eigenvalue weighted by molar-refractivity contribution is 0.193. The summed E-state index contributed by atoms with van der Waals surface area (Å²) in [7, 11) is 0. The van der Waals surface area contributed by atoms with Crippen molar-refractivity contribution in [3.63, 3.8) is 0 Å². The molecule has 0 heterocycles. The lowest BCUT2D eigenvalue weighted by atomic mass is 10.1. The molecule has 0 aliphatic rings. The van der Waals surface area contributed by atoms with Crippen molar-refractivity contribution in [1.82, 2.24) is 0 Å². The molecule has 2 aromatic rings. The molecule has 102 valence electrons. The minimum atomic E-state index is -0.549. The van der Waals surface area contributed by atoms with Gasteiger partial charge >= 0.3 is 0 Å². The molecule has 0 spiro atoms. The van der Waals surface area contributed by atoms with Gasteiger partial charge in [-0.1, -0.05) is 41.7 Å². The summed E-state index contributed by atoms with van der Waals surface area (Å²) in [4.78, 5) is 0. The Balaban J connectivity index is 2.03. The van der Waals surface area contributed by atoms with Crippen molar-refractivity contribution in [1.29, 1.82) is 0 Å². The molecule has 2 rings (SSSR count). The third kappa shape index (κ3) is 3.88. The minimum Gasteiger partial charge on any atom is -0.481 e. The first-order valence-electron chi connectivity index (χ1n) is 6.62. The molecule has 0 radical (unpaired) electrons. The zero-order valence-corrected chi connectivity index (χ0v) is 11.8. The summed E-state index contributed by atoms with van der Waals surface area (Å²) in [5, 5.41) is 9.75. The quantitative estimate of drug-likeness (QED) is 0.862. The molecule has 2 aromatic carbocycles. The van der Waals surface area contributed by atoms with Crippen molar-refractivity contribution in [2.24, 2.45) is 0 Å². The predicted molar refractivity (Wildman–Crippen MR) is 80.6 cm³/mol. The highest BCUT2D eigenvalue weighted by molar-refractivity contribution is 5.39. The number of aryl methyl sites for hydroxylation is 1.